The van der Waals surface area contributed by atoms with Crippen LogP contribution in [0.4, 0.5) is 5.69 Å². The average molecular weight is 361 g/mol. The fourth-order valence-corrected chi connectivity index (χ4v) is 3.07. The van der Waals surface area contributed by atoms with Crippen molar-refractivity contribution in [2.45, 2.75) is 26.3 Å². The molecule has 0 amide bonds. The molecule has 1 aliphatic heterocycles. The van der Waals surface area contributed by atoms with Crippen LogP contribution in [0.15, 0.2) is 27.1 Å². The molecule has 0 radical (unpaired) electrons. The molecule has 1 heterocycles. The number of halogens is 2. The number of Topliss-reactive ketones (excluding diaryl/α,β-unsaturated/α-hetero) is 1. The van der Waals surface area contributed by atoms with Crippen LogP contribution in [0.2, 0.25) is 0 Å². The molecule has 2 atom stereocenters. The van der Waals surface area contributed by atoms with Gasteiger partial charge in [0.1, 0.15) is 5.78 Å². The van der Waals surface area contributed by atoms with Gasteiger partial charge >= 0.3 is 0 Å². The number of benzene rings is 1. The van der Waals surface area contributed by atoms with Crippen LogP contribution in [0.1, 0.15) is 20.3 Å². The first-order valence-corrected chi connectivity index (χ1v) is 7.33. The summed E-state index contributed by atoms with van der Waals surface area (Å²) in [5, 5.41) is 0. The summed E-state index contributed by atoms with van der Waals surface area (Å²) in [7, 11) is 0. The summed E-state index contributed by atoms with van der Waals surface area (Å²) in [6, 6.07) is 6.40. The van der Waals surface area contributed by atoms with Crippen molar-refractivity contribution >= 4 is 43.3 Å². The van der Waals surface area contributed by atoms with Crippen molar-refractivity contribution in [1.82, 2.24) is 0 Å². The first-order valence-electron chi connectivity index (χ1n) is 5.75. The highest BCUT2D eigenvalue weighted by Crippen LogP contribution is 2.34. The highest BCUT2D eigenvalue weighted by atomic mass is 79.9. The van der Waals surface area contributed by atoms with E-state index in [4.69, 9.17) is 0 Å². The van der Waals surface area contributed by atoms with Gasteiger partial charge in [0.15, 0.2) is 0 Å². The maximum Gasteiger partial charge on any atom is 0.139 e. The number of ketones is 1. The van der Waals surface area contributed by atoms with Crippen LogP contribution in [0.3, 0.4) is 0 Å². The number of carbonyl (C=O) groups excluding carboxylic acids is 1. The molecular formula is C13H15Br2NO. The monoisotopic (exact) mass is 359 g/mol. The van der Waals surface area contributed by atoms with Crippen molar-refractivity contribution in [3.63, 3.8) is 0 Å². The Balaban J connectivity index is 2.33. The molecule has 1 fully saturated rings. The van der Waals surface area contributed by atoms with Crippen LogP contribution >= 0.6 is 31.9 Å². The lowest BCUT2D eigenvalue weighted by Gasteiger charge is -2.39. The Labute approximate surface area is 119 Å². The zero-order valence-electron chi connectivity index (χ0n) is 9.91. The lowest BCUT2D eigenvalue weighted by atomic mass is 9.90. The standard InChI is InChI=1S/C13H15Br2NO/c1-8-9(2)16(6-5-13(8)17)12-7-10(14)3-4-11(12)15/h3-4,7-9H,5-6H2,1-2H3. The Morgan fingerprint density at radius 3 is 2.71 bits per heavy atom. The summed E-state index contributed by atoms with van der Waals surface area (Å²) in [5.74, 6) is 0.481. The van der Waals surface area contributed by atoms with Gasteiger partial charge < -0.3 is 4.90 Å². The van der Waals surface area contributed by atoms with E-state index in [1.54, 1.807) is 0 Å². The molecule has 0 aliphatic carbocycles. The molecule has 2 rings (SSSR count). The maximum atomic E-state index is 11.7. The molecule has 0 spiro atoms. The van der Waals surface area contributed by atoms with E-state index in [9.17, 15) is 4.79 Å². The van der Waals surface area contributed by atoms with E-state index < -0.39 is 0 Å². The first-order chi connectivity index (χ1) is 8.00. The molecule has 2 nitrogen and oxygen atoms in total. The Bertz CT molecular complexity index is 447. The van der Waals surface area contributed by atoms with E-state index in [1.165, 1.54) is 0 Å². The summed E-state index contributed by atoms with van der Waals surface area (Å²) in [6.45, 7) is 4.94. The SMILES string of the molecule is CC1C(=O)CCN(c2cc(Br)ccc2Br)C1C. The molecule has 4 heteroatoms. The number of hydrogen-bond donors (Lipinski definition) is 0. The summed E-state index contributed by atoms with van der Waals surface area (Å²) < 4.78 is 2.14. The molecule has 92 valence electrons. The number of rotatable bonds is 1. The van der Waals surface area contributed by atoms with Gasteiger partial charge in [0.2, 0.25) is 0 Å². The molecule has 0 bridgehead atoms. The lowest BCUT2D eigenvalue weighted by Crippen LogP contribution is -2.47. The van der Waals surface area contributed by atoms with Crippen molar-refractivity contribution in [2.24, 2.45) is 5.92 Å². The van der Waals surface area contributed by atoms with Gasteiger partial charge in [-0.05, 0) is 41.1 Å². The topological polar surface area (TPSA) is 20.3 Å². The lowest BCUT2D eigenvalue weighted by molar-refractivity contribution is -0.123. The zero-order valence-corrected chi connectivity index (χ0v) is 13.1. The average Bonchev–Trinajstić information content (AvgIpc) is 2.30. The molecular weight excluding hydrogens is 346 g/mol. The number of hydrogen-bond acceptors (Lipinski definition) is 2. The van der Waals surface area contributed by atoms with Gasteiger partial charge in [0, 0.05) is 33.9 Å². The molecule has 0 aromatic heterocycles. The third-order valence-corrected chi connectivity index (χ3v) is 4.70. The Morgan fingerprint density at radius 2 is 2.00 bits per heavy atom. The van der Waals surface area contributed by atoms with Gasteiger partial charge in [0.25, 0.3) is 0 Å². The molecule has 17 heavy (non-hydrogen) atoms. The van der Waals surface area contributed by atoms with Crippen LogP contribution in [0, 0.1) is 5.92 Å². The fraction of sp³-hybridized carbons (Fsp3) is 0.462. The summed E-state index contributed by atoms with van der Waals surface area (Å²) in [6.07, 6.45) is 0.643. The Kier molecular flexibility index (Phi) is 3.93. The highest BCUT2D eigenvalue weighted by Gasteiger charge is 2.31. The van der Waals surface area contributed by atoms with Gasteiger partial charge in [0.05, 0.1) is 5.69 Å². The number of piperidine rings is 1. The van der Waals surface area contributed by atoms with Gasteiger partial charge in [-0.15, -0.1) is 0 Å². The predicted molar refractivity (Wildman–Crippen MR) is 77.4 cm³/mol. The second kappa shape index (κ2) is 5.11. The molecule has 0 N–H and O–H groups in total. The van der Waals surface area contributed by atoms with Crippen LogP contribution in [0.25, 0.3) is 0 Å². The van der Waals surface area contributed by atoms with E-state index in [0.717, 1.165) is 21.2 Å². The normalized spacial score (nSPS) is 25.2. The number of nitrogens with zero attached hydrogens (tertiary/aromatic N) is 1. The second-order valence-corrected chi connectivity index (χ2v) is 6.30. The fourth-order valence-electron chi connectivity index (χ4n) is 2.25. The summed E-state index contributed by atoms with van der Waals surface area (Å²) in [4.78, 5) is 14.0. The minimum Gasteiger partial charge on any atom is -0.367 e. The largest absolute Gasteiger partial charge is 0.367 e. The molecule has 1 aromatic rings. The van der Waals surface area contributed by atoms with E-state index in [-0.39, 0.29) is 12.0 Å². The quantitative estimate of drug-likeness (QED) is 0.753. The van der Waals surface area contributed by atoms with Gasteiger partial charge in [-0.25, -0.2) is 0 Å². The van der Waals surface area contributed by atoms with Crippen LogP contribution < -0.4 is 4.90 Å². The zero-order chi connectivity index (χ0) is 12.6. The van der Waals surface area contributed by atoms with E-state index >= 15 is 0 Å². The van der Waals surface area contributed by atoms with Crippen molar-refractivity contribution in [2.75, 3.05) is 11.4 Å². The van der Waals surface area contributed by atoms with Crippen molar-refractivity contribution in [3.05, 3.63) is 27.1 Å². The highest BCUT2D eigenvalue weighted by molar-refractivity contribution is 9.11. The van der Waals surface area contributed by atoms with Crippen LogP contribution in [0.5, 0.6) is 0 Å². The molecule has 0 saturated carbocycles. The smallest absolute Gasteiger partial charge is 0.139 e. The maximum absolute atomic E-state index is 11.7. The molecule has 1 aliphatic rings. The van der Waals surface area contributed by atoms with E-state index in [1.807, 2.05) is 19.1 Å². The molecule has 2 unspecified atom stereocenters. The summed E-state index contributed by atoms with van der Waals surface area (Å²) >= 11 is 7.08. The van der Waals surface area contributed by atoms with Gasteiger partial charge in [-0.3, -0.25) is 4.79 Å². The second-order valence-electron chi connectivity index (χ2n) is 4.53. The van der Waals surface area contributed by atoms with Crippen molar-refractivity contribution < 1.29 is 4.79 Å². The van der Waals surface area contributed by atoms with Crippen molar-refractivity contribution in [1.29, 1.82) is 0 Å². The third kappa shape index (κ3) is 2.58. The molecule has 1 aromatic carbocycles. The van der Waals surface area contributed by atoms with E-state index in [0.29, 0.717) is 12.2 Å². The van der Waals surface area contributed by atoms with Gasteiger partial charge in [-0.2, -0.15) is 0 Å². The van der Waals surface area contributed by atoms with E-state index in [2.05, 4.69) is 49.7 Å². The minimum absolute atomic E-state index is 0.106. The third-order valence-electron chi connectivity index (χ3n) is 3.54. The van der Waals surface area contributed by atoms with Crippen LogP contribution in [-0.2, 0) is 4.79 Å². The predicted octanol–water partition coefficient (Wildman–Crippen LogP) is 4.02. The Hall–Kier alpha value is -0.350. The van der Waals surface area contributed by atoms with Crippen molar-refractivity contribution in [3.8, 4) is 0 Å². The molecule has 1 saturated heterocycles. The summed E-state index contributed by atoms with van der Waals surface area (Å²) in [5.41, 5.74) is 1.16. The number of anilines is 1. The van der Waals surface area contributed by atoms with Gasteiger partial charge in [-0.1, -0.05) is 22.9 Å². The Morgan fingerprint density at radius 1 is 1.29 bits per heavy atom. The van der Waals surface area contributed by atoms with Crippen LogP contribution in [-0.4, -0.2) is 18.4 Å². The number of carbonyl (C=O) groups is 1. The first kappa shape index (κ1) is 13.1. The minimum atomic E-state index is 0.106.